The normalized spacial score (nSPS) is 9.24. The molecule has 0 aliphatic carbocycles. The Balaban J connectivity index is -0.00000162. The summed E-state index contributed by atoms with van der Waals surface area (Å²) in [4.78, 5) is 0. The first kappa shape index (κ1) is 28.9. The van der Waals surface area contributed by atoms with Gasteiger partial charge in [-0.25, -0.2) is 0 Å². The van der Waals surface area contributed by atoms with Crippen molar-refractivity contribution in [1.82, 2.24) is 0 Å². The van der Waals surface area contributed by atoms with E-state index in [2.05, 4.69) is 57.7 Å². The van der Waals surface area contributed by atoms with Crippen molar-refractivity contribution in [1.29, 1.82) is 0 Å². The Bertz CT molecular complexity index is 334. The van der Waals surface area contributed by atoms with Crippen LogP contribution in [0.25, 0.3) is 0 Å². The summed E-state index contributed by atoms with van der Waals surface area (Å²) >= 11 is 0. The third-order valence-electron chi connectivity index (χ3n) is 3.48. The summed E-state index contributed by atoms with van der Waals surface area (Å²) < 4.78 is 0. The molecule has 3 radical (unpaired) electrons. The molecule has 0 aromatic heterocycles. The molecule has 0 heterocycles. The second kappa shape index (κ2) is 16.6. The van der Waals surface area contributed by atoms with E-state index in [0.29, 0.717) is 18.5 Å². The summed E-state index contributed by atoms with van der Waals surface area (Å²) in [6, 6.07) is 5.27. The molecule has 0 atom stereocenters. The van der Waals surface area contributed by atoms with Gasteiger partial charge in [-0.05, 0) is 0 Å². The van der Waals surface area contributed by atoms with Gasteiger partial charge >= 0.3 is 190 Å². The molecule has 91 valence electrons. The molecule has 0 fully saturated rings. The first-order chi connectivity index (χ1) is 8.88. The quantitative estimate of drug-likeness (QED) is 0.293. The molecule has 0 unspecified atom stereocenters. The van der Waals surface area contributed by atoms with Gasteiger partial charge in [-0.3, -0.25) is 0 Å². The van der Waals surface area contributed by atoms with E-state index in [9.17, 15) is 0 Å². The fraction of sp³-hybridized carbons (Fsp3) is 1.00. The summed E-state index contributed by atoms with van der Waals surface area (Å²) in [7, 11) is 17.7. The maximum absolute atomic E-state index is 6.02. The van der Waals surface area contributed by atoms with Crippen molar-refractivity contribution in [3.63, 3.8) is 0 Å². The molecule has 0 rings (SSSR count). The van der Waals surface area contributed by atoms with E-state index in [-0.39, 0.29) is 59.1 Å². The Labute approximate surface area is 188 Å². The molecule has 0 saturated carbocycles. The summed E-state index contributed by atoms with van der Waals surface area (Å²) in [6.45, 7) is 2.28. The van der Waals surface area contributed by atoms with Crippen LogP contribution in [-0.2, 0) is 0 Å². The van der Waals surface area contributed by atoms with Crippen LogP contribution in [0.4, 0.5) is 0 Å². The van der Waals surface area contributed by atoms with Gasteiger partial charge < -0.3 is 0 Å². The van der Waals surface area contributed by atoms with Gasteiger partial charge in [0.2, 0.25) is 0 Å². The minimum absolute atomic E-state index is 0. The zero-order chi connectivity index (χ0) is 14.9. The van der Waals surface area contributed by atoms with Gasteiger partial charge in [0.25, 0.3) is 0 Å². The van der Waals surface area contributed by atoms with Crippen LogP contribution >= 0.6 is 8.73 Å². The van der Waals surface area contributed by atoms with Gasteiger partial charge in [0.05, 0.1) is 0 Å². The average Bonchev–Trinajstić information content (AvgIpc) is 2.31. The molecule has 0 spiro atoms. The standard InChI is InChI=1S/C6H24B12S.2Na/c1-2-3-4-5-6-19(14-16(8)9,15-17(10)11)18(12)13-7;;/h13H,2-6,8-12H2,1H3;;/q-1;2*+1/i7-1,8-1,9-1,10-1,11-1,12-1,13-1,14-1,15-1,16-1,17-1,18-1;;. The van der Waals surface area contributed by atoms with E-state index in [1.807, 2.05) is 0 Å². The topological polar surface area (TPSA) is 0 Å². The fourth-order valence-corrected chi connectivity index (χ4v) is 7.01. The van der Waals surface area contributed by atoms with Gasteiger partial charge in [-0.2, -0.15) is 0 Å². The van der Waals surface area contributed by atoms with E-state index in [1.165, 1.54) is 31.4 Å². The fourth-order valence-electron chi connectivity index (χ4n) is 2.62. The molecule has 0 saturated heterocycles. The van der Waals surface area contributed by atoms with Crippen LogP contribution in [0.3, 0.4) is 0 Å². The number of hydrogen-bond donors (Lipinski definition) is 0. The van der Waals surface area contributed by atoms with Crippen molar-refractivity contribution >= 4 is 92.9 Å². The van der Waals surface area contributed by atoms with Gasteiger partial charge in [-0.15, -0.1) is 0 Å². The number of unbranched alkanes of at least 4 members (excludes halogenated alkanes) is 3. The molecule has 0 bridgehead atoms. The monoisotopic (exact) mass is 294 g/mol. The molecule has 15 heteroatoms. The van der Waals surface area contributed by atoms with Crippen molar-refractivity contribution in [3.8, 4) is 0 Å². The molecule has 0 nitrogen and oxygen atoms in total. The van der Waals surface area contributed by atoms with E-state index in [0.717, 1.165) is 7.06 Å². The van der Waals surface area contributed by atoms with Crippen molar-refractivity contribution in [2.75, 3.05) is 5.75 Å². The molecule has 0 amide bonds. The molecule has 0 N–H and O–H groups in total. The van der Waals surface area contributed by atoms with E-state index in [1.54, 1.807) is 0 Å². The van der Waals surface area contributed by atoms with Crippen molar-refractivity contribution in [2.45, 2.75) is 32.6 Å². The summed E-state index contributed by atoms with van der Waals surface area (Å²) in [5.74, 6) is 1.97. The third-order valence-corrected chi connectivity index (χ3v) is 8.27. The SMILES string of the molecule is [10B-][10BH][10B]([10BH2])S(=[10B][10B]([10BH2])[10BH2])(=[10B][10B]([10BH2])[10BH2])CCCCCC.[Na+].[Na+]. The van der Waals surface area contributed by atoms with Crippen LogP contribution in [0.5, 0.6) is 0 Å². The van der Waals surface area contributed by atoms with Gasteiger partial charge in [0.1, 0.15) is 0 Å². The van der Waals surface area contributed by atoms with Gasteiger partial charge in [0.15, 0.2) is 0 Å². The summed E-state index contributed by atoms with van der Waals surface area (Å²) in [6.07, 6.45) is 6.74. The molecule has 0 aliphatic heterocycles. The van der Waals surface area contributed by atoms with Crippen molar-refractivity contribution in [3.05, 3.63) is 0 Å². The molecular formula is C6H24B12Na2S+. The second-order valence-corrected chi connectivity index (χ2v) is 10.1. The first-order valence-corrected chi connectivity index (χ1v) is 10.1. The van der Waals surface area contributed by atoms with E-state index < -0.39 is 8.73 Å². The third kappa shape index (κ3) is 13.1. The minimum atomic E-state index is -0.779. The Hall–Kier alpha value is 3.13. The van der Waals surface area contributed by atoms with Crippen LogP contribution < -0.4 is 59.1 Å². The largest absolute Gasteiger partial charge is 1.00 e. The molecule has 0 aromatic carbocycles. The van der Waals surface area contributed by atoms with Crippen LogP contribution in [0.2, 0.25) is 0 Å². The second-order valence-electron chi connectivity index (χ2n) is 6.48. The molecular weight excluding hydrogens is 270 g/mol. The Morgan fingerprint density at radius 2 is 1.43 bits per heavy atom. The van der Waals surface area contributed by atoms with Crippen LogP contribution in [0.15, 0.2) is 0 Å². The molecule has 0 aliphatic rings. The maximum atomic E-state index is 6.02. The predicted molar refractivity (Wildman–Crippen MR) is 121 cm³/mol. The van der Waals surface area contributed by atoms with E-state index >= 15 is 0 Å². The summed E-state index contributed by atoms with van der Waals surface area (Å²) in [5.41, 5.74) is 0. The van der Waals surface area contributed by atoms with Gasteiger partial charge in [-0.1, -0.05) is 0 Å². The van der Waals surface area contributed by atoms with Crippen molar-refractivity contribution < 1.29 is 59.1 Å². The van der Waals surface area contributed by atoms with E-state index in [4.69, 9.17) is 7.74 Å². The number of rotatable bonds is 9. The zero-order valence-electron chi connectivity index (χ0n) is 16.1. The van der Waals surface area contributed by atoms with Gasteiger partial charge in [0, 0.05) is 0 Å². The first-order valence-electron chi connectivity index (χ1n) is 8.07. The Kier molecular flexibility index (Phi) is 22.8. The number of hydrogen-bond acceptors (Lipinski definition) is 0. The molecule has 21 heavy (non-hydrogen) atoms. The summed E-state index contributed by atoms with van der Waals surface area (Å²) in [5, 5.41) is 0. The van der Waals surface area contributed by atoms with Crippen LogP contribution in [-0.4, -0.2) is 89.9 Å². The van der Waals surface area contributed by atoms with Crippen LogP contribution in [0, 0.1) is 0 Å². The Morgan fingerprint density at radius 3 is 1.76 bits per heavy atom. The molecule has 0 aromatic rings. The minimum Gasteiger partial charge on any atom is 1.00 e. The Morgan fingerprint density at radius 1 is 0.952 bits per heavy atom. The maximum Gasteiger partial charge on any atom is 1.00 e. The van der Waals surface area contributed by atoms with Crippen molar-refractivity contribution in [2.24, 2.45) is 0 Å². The average molecular weight is 294 g/mol. The predicted octanol–water partition coefficient (Wildman–Crippen LogP) is -10.7. The van der Waals surface area contributed by atoms with Crippen LogP contribution in [0.1, 0.15) is 32.6 Å². The zero-order valence-corrected chi connectivity index (χ0v) is 20.9. The smallest absolute Gasteiger partial charge is 1.00 e.